The van der Waals surface area contributed by atoms with E-state index in [0.717, 1.165) is 0 Å². The molecular weight excluding hydrogens is 652 g/mol. The molecule has 1 aromatic carbocycles. The Labute approximate surface area is 280 Å². The number of fused-ring (bicyclic) bond motifs is 2. The summed E-state index contributed by atoms with van der Waals surface area (Å²) in [7, 11) is 0. The monoisotopic (exact) mass is 690 g/mol. The minimum atomic E-state index is -1.13. The summed E-state index contributed by atoms with van der Waals surface area (Å²) in [6.45, 7) is 10.0. The molecule has 4 fully saturated rings. The van der Waals surface area contributed by atoms with E-state index in [2.05, 4.69) is 10.3 Å². The fourth-order valence-electron chi connectivity index (χ4n) is 6.25. The highest BCUT2D eigenvalue weighted by molar-refractivity contribution is 8.02. The Kier molecular flexibility index (Phi) is 9.57. The number of hydrogen-bond donors (Lipinski definition) is 2. The Morgan fingerprint density at radius 2 is 1.57 bits per heavy atom. The van der Waals surface area contributed by atoms with Crippen molar-refractivity contribution in [3.63, 3.8) is 0 Å². The number of phenols is 1. The molecule has 6 atom stereocenters. The lowest BCUT2D eigenvalue weighted by atomic mass is 9.95. The molecule has 0 radical (unpaired) electrons. The lowest BCUT2D eigenvalue weighted by molar-refractivity contribution is -0.181. The molecule has 16 heteroatoms. The van der Waals surface area contributed by atoms with Crippen molar-refractivity contribution in [3.05, 3.63) is 29.8 Å². The number of amides is 3. The number of ether oxygens (including phenoxy) is 3. The van der Waals surface area contributed by atoms with E-state index >= 15 is 0 Å². The predicted octanol–water partition coefficient (Wildman–Crippen LogP) is 1.89. The Morgan fingerprint density at radius 3 is 2.17 bits per heavy atom. The number of aliphatic imine (C=N–C) groups is 1. The van der Waals surface area contributed by atoms with Crippen LogP contribution in [0, 0.1) is 0 Å². The summed E-state index contributed by atoms with van der Waals surface area (Å²) in [5, 5.41) is 11.8. The molecule has 4 aliphatic heterocycles. The highest BCUT2D eigenvalue weighted by atomic mass is 32.2. The molecule has 4 aliphatic rings. The molecule has 0 bridgehead atoms. The van der Waals surface area contributed by atoms with E-state index in [9.17, 15) is 33.9 Å². The number of thioether (sulfide) groups is 2. The minimum absolute atomic E-state index is 0.0107. The summed E-state index contributed by atoms with van der Waals surface area (Å²) >= 11 is 2.84. The number of benzene rings is 1. The van der Waals surface area contributed by atoms with Gasteiger partial charge in [-0.2, -0.15) is 0 Å². The van der Waals surface area contributed by atoms with Gasteiger partial charge in [0.05, 0.1) is 24.8 Å². The normalized spacial score (nSPS) is 27.5. The third kappa shape index (κ3) is 6.66. The Morgan fingerprint density at radius 1 is 0.979 bits per heavy atom. The number of aromatic hydroxyl groups is 1. The maximum atomic E-state index is 13.6. The Balaban J connectivity index is 1.22. The summed E-state index contributed by atoms with van der Waals surface area (Å²) in [4.78, 5) is 84.5. The van der Waals surface area contributed by atoms with Crippen LogP contribution in [0.15, 0.2) is 29.3 Å². The number of carbonyl (C=O) groups excluding carboxylic acids is 6. The van der Waals surface area contributed by atoms with E-state index in [0.29, 0.717) is 17.7 Å². The highest BCUT2D eigenvalue weighted by Crippen LogP contribution is 2.52. The number of β-lactam (4-membered cyclic amide) rings is 2. The Hall–Kier alpha value is -3.79. The van der Waals surface area contributed by atoms with Crippen molar-refractivity contribution in [2.24, 2.45) is 4.99 Å². The van der Waals surface area contributed by atoms with Gasteiger partial charge in [-0.3, -0.25) is 24.2 Å². The van der Waals surface area contributed by atoms with Crippen molar-refractivity contribution in [2.45, 2.75) is 98.8 Å². The third-order valence-corrected chi connectivity index (χ3v) is 11.5. The van der Waals surface area contributed by atoms with Crippen molar-refractivity contribution in [2.75, 3.05) is 13.4 Å². The molecule has 4 heterocycles. The number of rotatable bonds is 11. The van der Waals surface area contributed by atoms with Crippen molar-refractivity contribution in [1.29, 1.82) is 0 Å². The first-order valence-electron chi connectivity index (χ1n) is 15.2. The first-order valence-corrected chi connectivity index (χ1v) is 16.9. The molecule has 14 nitrogen and oxygen atoms in total. The van der Waals surface area contributed by atoms with Crippen LogP contribution in [0.1, 0.15) is 66.0 Å². The van der Waals surface area contributed by atoms with Crippen molar-refractivity contribution < 1.29 is 48.1 Å². The van der Waals surface area contributed by atoms with E-state index in [4.69, 9.17) is 14.2 Å². The molecule has 47 heavy (non-hydrogen) atoms. The van der Waals surface area contributed by atoms with E-state index in [-0.39, 0.29) is 30.1 Å². The van der Waals surface area contributed by atoms with Gasteiger partial charge in [0, 0.05) is 15.2 Å². The molecule has 2 N–H and O–H groups in total. The predicted molar refractivity (Wildman–Crippen MR) is 171 cm³/mol. The third-order valence-electron chi connectivity index (χ3n) is 8.42. The molecule has 0 saturated carbocycles. The maximum Gasteiger partial charge on any atom is 0.333 e. The zero-order chi connectivity index (χ0) is 34.4. The van der Waals surface area contributed by atoms with Crippen LogP contribution in [0.3, 0.4) is 0 Å². The smallest absolute Gasteiger partial charge is 0.333 e. The number of esters is 3. The van der Waals surface area contributed by atoms with Gasteiger partial charge in [-0.1, -0.05) is 12.1 Å². The van der Waals surface area contributed by atoms with Gasteiger partial charge in [0.1, 0.15) is 29.2 Å². The van der Waals surface area contributed by atoms with Crippen LogP contribution >= 0.6 is 23.5 Å². The molecule has 0 spiro atoms. The topological polar surface area (TPSA) is 181 Å². The van der Waals surface area contributed by atoms with Gasteiger partial charge in [0.15, 0.2) is 6.04 Å². The van der Waals surface area contributed by atoms with Gasteiger partial charge in [-0.15, -0.1) is 23.5 Å². The van der Waals surface area contributed by atoms with Crippen LogP contribution in [0.5, 0.6) is 5.75 Å². The van der Waals surface area contributed by atoms with Crippen LogP contribution in [0.4, 0.5) is 0 Å². The van der Waals surface area contributed by atoms with Crippen LogP contribution in [0.25, 0.3) is 0 Å². The summed E-state index contributed by atoms with van der Waals surface area (Å²) in [6.07, 6.45) is 0.236. The van der Waals surface area contributed by atoms with Crippen LogP contribution in [0.2, 0.25) is 0 Å². The second-order valence-electron chi connectivity index (χ2n) is 12.7. The van der Waals surface area contributed by atoms with Crippen LogP contribution in [-0.2, 0) is 43.0 Å². The first-order chi connectivity index (χ1) is 22.1. The lowest BCUT2D eigenvalue weighted by Crippen LogP contribution is -2.71. The molecule has 0 aliphatic carbocycles. The zero-order valence-electron chi connectivity index (χ0n) is 26.9. The molecule has 254 valence electrons. The van der Waals surface area contributed by atoms with Gasteiger partial charge in [-0.25, -0.2) is 9.59 Å². The number of carbonyl (C=O) groups is 6. The van der Waals surface area contributed by atoms with Crippen molar-refractivity contribution in [3.8, 4) is 5.75 Å². The van der Waals surface area contributed by atoms with E-state index in [1.54, 1.807) is 27.7 Å². The molecule has 1 aromatic rings. The molecule has 3 amide bonds. The highest BCUT2D eigenvalue weighted by Gasteiger charge is 2.65. The average molecular weight is 691 g/mol. The van der Waals surface area contributed by atoms with Gasteiger partial charge < -0.3 is 34.4 Å². The standard InChI is InChI=1S/C31H38N4O10S2/c1-7-43-20(38)12-15(2)32-21(16-8-10-17(36)11-9-16)25(39)33-22-26(40)35-24(31(5,6)47-27(22)35)29(42)45-14-44-28(41)23-30(3,4)46-19-13-18(37)34(19)23/h8-11,19,21-24,27,36H,7,12-14H2,1-6H3,(H,33,39)/t19-,21?,22-,23+,24+,27-/m1/s1. The van der Waals surface area contributed by atoms with Crippen molar-refractivity contribution >= 4 is 64.9 Å². The van der Waals surface area contributed by atoms with E-state index < -0.39 is 75.6 Å². The fourth-order valence-corrected chi connectivity index (χ4v) is 9.49. The van der Waals surface area contributed by atoms with E-state index in [1.807, 2.05) is 13.8 Å². The molecule has 4 saturated heterocycles. The van der Waals surface area contributed by atoms with Crippen molar-refractivity contribution in [1.82, 2.24) is 15.1 Å². The minimum Gasteiger partial charge on any atom is -0.508 e. The van der Waals surface area contributed by atoms with Gasteiger partial charge in [-0.05, 0) is 59.2 Å². The van der Waals surface area contributed by atoms with Gasteiger partial charge in [0.25, 0.3) is 0 Å². The average Bonchev–Trinajstić information content (AvgIpc) is 3.37. The lowest BCUT2D eigenvalue weighted by Gasteiger charge is -2.44. The number of phenolic OH excluding ortho intramolecular Hbond substituents is 1. The van der Waals surface area contributed by atoms with Crippen LogP contribution < -0.4 is 5.32 Å². The quantitative estimate of drug-likeness (QED) is 0.149. The summed E-state index contributed by atoms with van der Waals surface area (Å²) < 4.78 is 14.2. The number of nitrogens with zero attached hydrogens (tertiary/aromatic N) is 3. The Bertz CT molecular complexity index is 1510. The van der Waals surface area contributed by atoms with Crippen LogP contribution in [-0.4, -0.2) is 108 Å². The molecule has 5 rings (SSSR count). The zero-order valence-corrected chi connectivity index (χ0v) is 28.5. The number of nitrogens with one attached hydrogen (secondary N) is 1. The summed E-state index contributed by atoms with van der Waals surface area (Å²) in [5.41, 5.74) is 0.765. The maximum absolute atomic E-state index is 13.6. The van der Waals surface area contributed by atoms with Gasteiger partial charge >= 0.3 is 17.9 Å². The summed E-state index contributed by atoms with van der Waals surface area (Å²) in [5.74, 6) is -3.18. The largest absolute Gasteiger partial charge is 0.508 e. The van der Waals surface area contributed by atoms with E-state index in [1.165, 1.54) is 57.6 Å². The SMILES string of the molecule is CCOC(=O)CC(C)=NC(C(=O)N[C@@H]1C(=O)N2[C@@H]1SC(C)(C)[C@@H]2C(=O)OCOC(=O)[C@@H]1N2C(=O)C[C@H]2SC1(C)C)c1ccc(O)cc1. The molecular formula is C31H38N4O10S2. The number of hydrogen-bond acceptors (Lipinski definition) is 13. The summed E-state index contributed by atoms with van der Waals surface area (Å²) in [6, 6.07) is 1.93. The van der Waals surface area contributed by atoms with Gasteiger partial charge in [0.2, 0.25) is 24.5 Å². The second-order valence-corrected chi connectivity index (χ2v) is 16.3. The molecule has 1 unspecified atom stereocenters. The molecule has 0 aromatic heterocycles. The first kappa shape index (κ1) is 34.5. The second kappa shape index (κ2) is 13.0. The fraction of sp³-hybridized carbons (Fsp3) is 0.581.